The molecule has 0 saturated carbocycles. The second kappa shape index (κ2) is 12.3. The molecule has 0 aliphatic rings. The molecular weight excluding hydrogens is 460 g/mol. The lowest BCUT2D eigenvalue weighted by molar-refractivity contribution is 0.00244. The molecule has 0 amide bonds. The Morgan fingerprint density at radius 2 is 1.41 bits per heavy atom. The van der Waals surface area contributed by atoms with Crippen molar-refractivity contribution in [2.75, 3.05) is 12.3 Å². The molecule has 3 aromatic carbocycles. The summed E-state index contributed by atoms with van der Waals surface area (Å²) < 4.78 is 14.5. The zero-order valence-corrected chi connectivity index (χ0v) is 20.9. The summed E-state index contributed by atoms with van der Waals surface area (Å²) in [5, 5.41) is 0.890. The molecule has 6 nitrogen and oxygen atoms in total. The van der Waals surface area contributed by atoms with E-state index < -0.39 is 0 Å². The number of ether oxygens (including phenoxy) is 2. The van der Waals surface area contributed by atoms with E-state index in [9.17, 15) is 0 Å². The molecule has 2 aromatic heterocycles. The van der Waals surface area contributed by atoms with Crippen molar-refractivity contribution in [1.82, 2.24) is 14.5 Å². The second-order valence-electron chi connectivity index (χ2n) is 9.09. The Kier molecular flexibility index (Phi) is 8.21. The lowest BCUT2D eigenvalue weighted by Crippen LogP contribution is -2.18. The second-order valence-corrected chi connectivity index (χ2v) is 9.09. The lowest BCUT2D eigenvalue weighted by atomic mass is 10.1. The Labute approximate surface area is 217 Å². The standard InChI is InChI=1S/C31H32N4O2/c32-30-29-28(26-14-8-3-9-15-26)20-35(31(29)34-23-33-30)18-16-27(37-22-25-12-6-2-7-13-25)17-19-36-21-24-10-4-1-5-11-24/h1-15,20,23,27H,16-19,21-22H2,(H2,32,33,34). The van der Waals surface area contributed by atoms with Crippen molar-refractivity contribution < 1.29 is 9.47 Å². The fraction of sp³-hybridized carbons (Fsp3) is 0.226. The number of aromatic nitrogens is 3. The van der Waals surface area contributed by atoms with E-state index in [-0.39, 0.29) is 6.10 Å². The van der Waals surface area contributed by atoms with Crippen molar-refractivity contribution in [2.24, 2.45) is 0 Å². The van der Waals surface area contributed by atoms with Crippen LogP contribution in [0.1, 0.15) is 24.0 Å². The van der Waals surface area contributed by atoms with Crippen LogP contribution in [-0.2, 0) is 29.2 Å². The number of fused-ring (bicyclic) bond motifs is 1. The molecule has 0 aliphatic heterocycles. The highest BCUT2D eigenvalue weighted by atomic mass is 16.5. The monoisotopic (exact) mass is 492 g/mol. The van der Waals surface area contributed by atoms with Gasteiger partial charge in [0.25, 0.3) is 0 Å². The minimum atomic E-state index is 0.0350. The summed E-state index contributed by atoms with van der Waals surface area (Å²) in [7, 11) is 0. The van der Waals surface area contributed by atoms with Gasteiger partial charge in [-0.25, -0.2) is 9.97 Å². The summed E-state index contributed by atoms with van der Waals surface area (Å²) in [6.45, 7) is 2.55. The minimum Gasteiger partial charge on any atom is -0.383 e. The molecule has 2 N–H and O–H groups in total. The van der Waals surface area contributed by atoms with E-state index in [0.717, 1.165) is 47.1 Å². The number of rotatable bonds is 12. The first-order valence-electron chi connectivity index (χ1n) is 12.7. The fourth-order valence-electron chi connectivity index (χ4n) is 4.52. The van der Waals surface area contributed by atoms with Crippen LogP contribution in [0.25, 0.3) is 22.2 Å². The molecule has 5 rings (SSSR count). The lowest BCUT2D eigenvalue weighted by Gasteiger charge is -2.19. The van der Waals surface area contributed by atoms with Crippen LogP contribution < -0.4 is 5.73 Å². The van der Waals surface area contributed by atoms with E-state index >= 15 is 0 Å². The van der Waals surface area contributed by atoms with Gasteiger partial charge >= 0.3 is 0 Å². The average Bonchev–Trinajstić information content (AvgIpc) is 3.33. The van der Waals surface area contributed by atoms with Crippen LogP contribution in [-0.4, -0.2) is 27.2 Å². The Bertz CT molecular complexity index is 1390. The predicted molar refractivity (Wildman–Crippen MR) is 148 cm³/mol. The van der Waals surface area contributed by atoms with E-state index in [0.29, 0.717) is 25.6 Å². The molecule has 0 fully saturated rings. The highest BCUT2D eigenvalue weighted by molar-refractivity contribution is 6.00. The van der Waals surface area contributed by atoms with Gasteiger partial charge in [-0.2, -0.15) is 0 Å². The minimum absolute atomic E-state index is 0.0350. The fourth-order valence-corrected chi connectivity index (χ4v) is 4.52. The van der Waals surface area contributed by atoms with Crippen LogP contribution in [0.4, 0.5) is 5.82 Å². The normalized spacial score (nSPS) is 12.1. The molecule has 6 heteroatoms. The first-order valence-corrected chi connectivity index (χ1v) is 12.7. The van der Waals surface area contributed by atoms with Crippen LogP contribution in [0.15, 0.2) is 104 Å². The third-order valence-electron chi connectivity index (χ3n) is 6.48. The van der Waals surface area contributed by atoms with Crippen molar-refractivity contribution >= 4 is 16.9 Å². The summed E-state index contributed by atoms with van der Waals surface area (Å²) in [5.41, 5.74) is 11.6. The van der Waals surface area contributed by atoms with E-state index in [1.54, 1.807) is 0 Å². The predicted octanol–water partition coefficient (Wildman–Crippen LogP) is 6.26. The number of nitrogens with two attached hydrogens (primary N) is 1. The van der Waals surface area contributed by atoms with Gasteiger partial charge in [-0.1, -0.05) is 91.0 Å². The van der Waals surface area contributed by atoms with E-state index in [2.05, 4.69) is 57.1 Å². The number of nitrogen functional groups attached to an aromatic ring is 1. The van der Waals surface area contributed by atoms with Gasteiger partial charge in [0.15, 0.2) is 0 Å². The van der Waals surface area contributed by atoms with Gasteiger partial charge in [-0.05, 0) is 29.5 Å². The molecule has 0 radical (unpaired) electrons. The summed E-state index contributed by atoms with van der Waals surface area (Å²) >= 11 is 0. The number of benzene rings is 3. The maximum Gasteiger partial charge on any atom is 0.146 e. The Balaban J connectivity index is 1.29. The topological polar surface area (TPSA) is 75.2 Å². The first-order chi connectivity index (χ1) is 18.3. The third kappa shape index (κ3) is 6.42. The number of aryl methyl sites for hydroxylation is 1. The van der Waals surface area contributed by atoms with Crippen LogP contribution >= 0.6 is 0 Å². The summed E-state index contributed by atoms with van der Waals surface area (Å²) in [4.78, 5) is 8.83. The molecule has 0 aliphatic carbocycles. The molecule has 2 heterocycles. The Morgan fingerprint density at radius 3 is 2.11 bits per heavy atom. The van der Waals surface area contributed by atoms with Gasteiger partial charge in [0, 0.05) is 24.9 Å². The van der Waals surface area contributed by atoms with Crippen molar-refractivity contribution in [2.45, 2.75) is 38.7 Å². The molecule has 1 unspecified atom stereocenters. The van der Waals surface area contributed by atoms with Crippen LogP contribution in [0.5, 0.6) is 0 Å². The number of anilines is 1. The maximum absolute atomic E-state index is 6.38. The summed E-state index contributed by atoms with van der Waals surface area (Å²) in [5.74, 6) is 0.494. The maximum atomic E-state index is 6.38. The van der Waals surface area contributed by atoms with Crippen molar-refractivity contribution in [1.29, 1.82) is 0 Å². The van der Waals surface area contributed by atoms with Crippen molar-refractivity contribution in [3.8, 4) is 11.1 Å². The van der Waals surface area contributed by atoms with Crippen molar-refractivity contribution in [3.63, 3.8) is 0 Å². The molecule has 188 valence electrons. The summed E-state index contributed by atoms with van der Waals surface area (Å²) in [6.07, 6.45) is 5.33. The van der Waals surface area contributed by atoms with Crippen molar-refractivity contribution in [3.05, 3.63) is 115 Å². The highest BCUT2D eigenvalue weighted by Gasteiger charge is 2.17. The SMILES string of the molecule is Nc1ncnc2c1c(-c1ccccc1)cn2CCC(CCOCc1ccccc1)OCc1ccccc1. The molecule has 1 atom stereocenters. The van der Waals surface area contributed by atoms with Gasteiger partial charge in [0.05, 0.1) is 24.7 Å². The largest absolute Gasteiger partial charge is 0.383 e. The zero-order valence-electron chi connectivity index (χ0n) is 20.9. The molecule has 0 spiro atoms. The van der Waals surface area contributed by atoms with E-state index in [1.165, 1.54) is 11.9 Å². The van der Waals surface area contributed by atoms with Crippen LogP contribution in [0.3, 0.4) is 0 Å². The highest BCUT2D eigenvalue weighted by Crippen LogP contribution is 2.32. The molecule has 0 saturated heterocycles. The Morgan fingerprint density at radius 1 is 0.757 bits per heavy atom. The first kappa shape index (κ1) is 24.7. The molecular formula is C31H32N4O2. The van der Waals surface area contributed by atoms with E-state index in [1.807, 2.05) is 54.6 Å². The van der Waals surface area contributed by atoms with Gasteiger partial charge in [-0.3, -0.25) is 0 Å². The molecule has 0 bridgehead atoms. The number of hydrogen-bond donors (Lipinski definition) is 1. The summed E-state index contributed by atoms with van der Waals surface area (Å²) in [6, 6.07) is 30.8. The quantitative estimate of drug-likeness (QED) is 0.208. The smallest absolute Gasteiger partial charge is 0.146 e. The van der Waals surface area contributed by atoms with Crippen LogP contribution in [0, 0.1) is 0 Å². The zero-order chi connectivity index (χ0) is 25.3. The van der Waals surface area contributed by atoms with Crippen LogP contribution in [0.2, 0.25) is 0 Å². The van der Waals surface area contributed by atoms with Gasteiger partial charge in [0.2, 0.25) is 0 Å². The average molecular weight is 493 g/mol. The number of hydrogen-bond acceptors (Lipinski definition) is 5. The third-order valence-corrected chi connectivity index (χ3v) is 6.48. The molecule has 37 heavy (non-hydrogen) atoms. The molecule has 5 aromatic rings. The number of nitrogens with zero attached hydrogens (tertiary/aromatic N) is 3. The van der Waals surface area contributed by atoms with E-state index in [4.69, 9.17) is 15.2 Å². The Hall–Kier alpha value is -4.00. The van der Waals surface area contributed by atoms with Gasteiger partial charge in [-0.15, -0.1) is 0 Å². The van der Waals surface area contributed by atoms with Gasteiger partial charge in [0.1, 0.15) is 17.8 Å². The van der Waals surface area contributed by atoms with Gasteiger partial charge < -0.3 is 19.8 Å².